The van der Waals surface area contributed by atoms with Gasteiger partial charge < -0.3 is 14.5 Å². The van der Waals surface area contributed by atoms with Gasteiger partial charge in [0.05, 0.1) is 18.3 Å². The molecule has 2 aliphatic heterocycles. The van der Waals surface area contributed by atoms with Crippen LogP contribution in [0.15, 0.2) is 18.6 Å². The molecule has 0 aromatic carbocycles. The lowest BCUT2D eigenvalue weighted by atomic mass is 9.91. The predicted octanol–water partition coefficient (Wildman–Crippen LogP) is 0.717. The summed E-state index contributed by atoms with van der Waals surface area (Å²) in [4.78, 5) is 24.2. The minimum atomic E-state index is 0.0481. The number of hydrogen-bond acceptors (Lipinski definition) is 5. The van der Waals surface area contributed by atoms with Crippen LogP contribution < -0.4 is 0 Å². The third kappa shape index (κ3) is 3.22. The summed E-state index contributed by atoms with van der Waals surface area (Å²) in [5.41, 5.74) is 0.950. The molecule has 3 rings (SSSR count). The van der Waals surface area contributed by atoms with Crippen LogP contribution in [-0.2, 0) is 9.53 Å². The third-order valence-electron chi connectivity index (χ3n) is 4.29. The lowest BCUT2D eigenvalue weighted by Crippen LogP contribution is -2.47. The molecule has 6 heteroatoms. The van der Waals surface area contributed by atoms with Crippen LogP contribution in [0.4, 0.5) is 0 Å². The van der Waals surface area contributed by atoms with Crippen molar-refractivity contribution in [3.63, 3.8) is 0 Å². The van der Waals surface area contributed by atoms with E-state index in [2.05, 4.69) is 9.97 Å². The molecule has 1 aromatic rings. The fourth-order valence-corrected chi connectivity index (χ4v) is 3.21. The summed E-state index contributed by atoms with van der Waals surface area (Å²) in [6.07, 6.45) is 5.52. The predicted molar refractivity (Wildman–Crippen MR) is 77.5 cm³/mol. The fraction of sp³-hybridized carbons (Fsp3) is 0.667. The van der Waals surface area contributed by atoms with Crippen LogP contribution in [0.3, 0.4) is 0 Å². The highest BCUT2D eigenvalue weighted by atomic mass is 16.5. The zero-order chi connectivity index (χ0) is 14.8. The number of rotatable bonds is 3. The maximum Gasteiger partial charge on any atom is 0.236 e. The van der Waals surface area contributed by atoms with Gasteiger partial charge in [0, 0.05) is 19.3 Å². The van der Waals surface area contributed by atoms with E-state index in [1.54, 1.807) is 12.5 Å². The van der Waals surface area contributed by atoms with Crippen LogP contribution in [0.25, 0.3) is 0 Å². The molecule has 0 saturated carbocycles. The molecule has 1 amide bonds. The quantitative estimate of drug-likeness (QED) is 0.821. The molecule has 0 bridgehead atoms. The van der Waals surface area contributed by atoms with Crippen LogP contribution in [0, 0.1) is 5.92 Å². The van der Waals surface area contributed by atoms with Crippen molar-refractivity contribution in [3.8, 4) is 0 Å². The highest BCUT2D eigenvalue weighted by Gasteiger charge is 2.41. The Balaban J connectivity index is 1.61. The zero-order valence-electron chi connectivity index (χ0n) is 12.6. The van der Waals surface area contributed by atoms with Crippen LogP contribution in [-0.4, -0.2) is 65.5 Å². The number of piperidine rings is 1. The molecular formula is C15H22N4O2. The lowest BCUT2D eigenvalue weighted by molar-refractivity contribution is -0.136. The molecule has 0 radical (unpaired) electrons. The average molecular weight is 290 g/mol. The summed E-state index contributed by atoms with van der Waals surface area (Å²) >= 11 is 0. The van der Waals surface area contributed by atoms with Crippen molar-refractivity contribution in [1.82, 2.24) is 19.8 Å². The minimum absolute atomic E-state index is 0.0481. The molecule has 114 valence electrons. The van der Waals surface area contributed by atoms with Crippen LogP contribution in [0.2, 0.25) is 0 Å². The molecule has 2 fully saturated rings. The number of likely N-dealkylation sites (tertiary alicyclic amines) is 1. The number of carbonyl (C=O) groups is 1. The topological polar surface area (TPSA) is 58.6 Å². The Morgan fingerprint density at radius 2 is 2.38 bits per heavy atom. The first-order valence-electron chi connectivity index (χ1n) is 7.47. The van der Waals surface area contributed by atoms with E-state index >= 15 is 0 Å². The molecule has 6 nitrogen and oxygen atoms in total. The highest BCUT2D eigenvalue weighted by Crippen LogP contribution is 2.40. The van der Waals surface area contributed by atoms with Gasteiger partial charge in [-0.25, -0.2) is 9.97 Å². The Morgan fingerprint density at radius 1 is 1.52 bits per heavy atom. The SMILES string of the molecule is CN(C)CC(=O)N1CC[C@@H]2C[C@@H](c3ccncn3)O[C@H]2C1. The number of hydrogen-bond donors (Lipinski definition) is 0. The molecule has 2 saturated heterocycles. The molecule has 0 aliphatic carbocycles. The van der Waals surface area contributed by atoms with Crippen molar-refractivity contribution in [2.75, 3.05) is 33.7 Å². The smallest absolute Gasteiger partial charge is 0.236 e. The number of likely N-dealkylation sites (N-methyl/N-ethyl adjacent to an activating group) is 1. The van der Waals surface area contributed by atoms with Crippen molar-refractivity contribution < 1.29 is 9.53 Å². The summed E-state index contributed by atoms with van der Waals surface area (Å²) < 4.78 is 6.14. The van der Waals surface area contributed by atoms with E-state index in [0.29, 0.717) is 19.0 Å². The monoisotopic (exact) mass is 290 g/mol. The van der Waals surface area contributed by atoms with E-state index in [1.807, 2.05) is 30.0 Å². The maximum atomic E-state index is 12.2. The van der Waals surface area contributed by atoms with E-state index in [1.165, 1.54) is 0 Å². The summed E-state index contributed by atoms with van der Waals surface area (Å²) in [5.74, 6) is 0.723. The van der Waals surface area contributed by atoms with Crippen LogP contribution >= 0.6 is 0 Å². The highest BCUT2D eigenvalue weighted by molar-refractivity contribution is 5.78. The van der Waals surface area contributed by atoms with Crippen LogP contribution in [0.5, 0.6) is 0 Å². The summed E-state index contributed by atoms with van der Waals surface area (Å²) in [6.45, 7) is 2.01. The molecule has 21 heavy (non-hydrogen) atoms. The molecular weight excluding hydrogens is 268 g/mol. The molecule has 3 atom stereocenters. The number of fused-ring (bicyclic) bond motifs is 1. The van der Waals surface area contributed by atoms with Gasteiger partial charge in [0.1, 0.15) is 12.4 Å². The molecule has 0 spiro atoms. The molecule has 0 N–H and O–H groups in total. The first kappa shape index (κ1) is 14.4. The first-order chi connectivity index (χ1) is 10.1. The van der Waals surface area contributed by atoms with Crippen molar-refractivity contribution in [2.45, 2.75) is 25.0 Å². The molecule has 1 aromatic heterocycles. The van der Waals surface area contributed by atoms with E-state index < -0.39 is 0 Å². The van der Waals surface area contributed by atoms with Gasteiger partial charge in [-0.1, -0.05) is 0 Å². The number of amides is 1. The minimum Gasteiger partial charge on any atom is -0.367 e. The van der Waals surface area contributed by atoms with Crippen molar-refractivity contribution in [2.24, 2.45) is 5.92 Å². The van der Waals surface area contributed by atoms with Gasteiger partial charge in [-0.05, 0) is 38.9 Å². The van der Waals surface area contributed by atoms with E-state index in [-0.39, 0.29) is 18.1 Å². The van der Waals surface area contributed by atoms with Gasteiger partial charge in [-0.3, -0.25) is 4.79 Å². The van der Waals surface area contributed by atoms with E-state index in [4.69, 9.17) is 4.74 Å². The Labute approximate surface area is 125 Å². The van der Waals surface area contributed by atoms with Crippen molar-refractivity contribution in [3.05, 3.63) is 24.3 Å². The number of ether oxygens (including phenoxy) is 1. The van der Waals surface area contributed by atoms with Gasteiger partial charge in [0.25, 0.3) is 0 Å². The molecule has 2 aliphatic rings. The molecule has 3 heterocycles. The number of carbonyl (C=O) groups excluding carboxylic acids is 1. The van der Waals surface area contributed by atoms with Gasteiger partial charge >= 0.3 is 0 Å². The number of nitrogens with zero attached hydrogens (tertiary/aromatic N) is 4. The van der Waals surface area contributed by atoms with Crippen LogP contribution in [0.1, 0.15) is 24.6 Å². The second-order valence-corrected chi connectivity index (χ2v) is 6.16. The van der Waals surface area contributed by atoms with Crippen molar-refractivity contribution in [1.29, 1.82) is 0 Å². The lowest BCUT2D eigenvalue weighted by Gasteiger charge is -2.34. The Kier molecular flexibility index (Phi) is 4.17. The Hall–Kier alpha value is -1.53. The van der Waals surface area contributed by atoms with Gasteiger partial charge in [-0.2, -0.15) is 0 Å². The Morgan fingerprint density at radius 3 is 3.10 bits per heavy atom. The third-order valence-corrected chi connectivity index (χ3v) is 4.29. The summed E-state index contributed by atoms with van der Waals surface area (Å²) in [6, 6.07) is 1.91. The van der Waals surface area contributed by atoms with Gasteiger partial charge in [0.15, 0.2) is 0 Å². The van der Waals surface area contributed by atoms with Gasteiger partial charge in [-0.15, -0.1) is 0 Å². The normalized spacial score (nSPS) is 28.7. The second-order valence-electron chi connectivity index (χ2n) is 6.16. The maximum absolute atomic E-state index is 12.2. The largest absolute Gasteiger partial charge is 0.367 e. The van der Waals surface area contributed by atoms with Crippen molar-refractivity contribution >= 4 is 5.91 Å². The first-order valence-corrected chi connectivity index (χ1v) is 7.47. The van der Waals surface area contributed by atoms with E-state index in [0.717, 1.165) is 25.1 Å². The average Bonchev–Trinajstić information content (AvgIpc) is 2.90. The van der Waals surface area contributed by atoms with Gasteiger partial charge in [0.2, 0.25) is 5.91 Å². The zero-order valence-corrected chi connectivity index (χ0v) is 12.6. The Bertz CT molecular complexity index is 494. The standard InChI is InChI=1S/C15H22N4O2/c1-18(2)9-15(20)19-6-4-11-7-13(21-14(11)8-19)12-3-5-16-10-17-12/h3,5,10-11,13-14H,4,6-9H2,1-2H3/t11-,13+,14+/m1/s1. The second kappa shape index (κ2) is 6.07. The fourth-order valence-electron chi connectivity index (χ4n) is 3.21. The molecule has 0 unspecified atom stereocenters. The van der Waals surface area contributed by atoms with E-state index in [9.17, 15) is 4.79 Å². The summed E-state index contributed by atoms with van der Waals surface area (Å²) in [7, 11) is 3.84. The summed E-state index contributed by atoms with van der Waals surface area (Å²) in [5, 5.41) is 0. The number of aromatic nitrogens is 2.